The van der Waals surface area contributed by atoms with Crippen molar-refractivity contribution < 1.29 is 23.7 Å². The van der Waals surface area contributed by atoms with Crippen molar-refractivity contribution in [1.82, 2.24) is 9.97 Å². The third kappa shape index (κ3) is 3.47. The summed E-state index contributed by atoms with van der Waals surface area (Å²) in [6, 6.07) is 1.48. The number of aromatic nitrogens is 2. The van der Waals surface area contributed by atoms with Gasteiger partial charge in [0.05, 0.1) is 27.4 Å². The molecule has 0 amide bonds. The summed E-state index contributed by atoms with van der Waals surface area (Å²) >= 11 is 0. The normalized spacial score (nSPS) is 11.5. The van der Waals surface area contributed by atoms with E-state index >= 15 is 0 Å². The standard InChI is InChI=1S/C10H14N2O5/c1-6(9(13)16-4)17-10-11-7(14-2)5-8(12-10)15-3/h5-6H,1-4H3/t6-/m0/s1. The number of carbonyl (C=O) groups excluding carboxylic acids is 1. The quantitative estimate of drug-likeness (QED) is 0.693. The Labute approximate surface area is 98.7 Å². The second-order valence-corrected chi connectivity index (χ2v) is 3.02. The maximum atomic E-state index is 11.2. The largest absolute Gasteiger partial charge is 0.481 e. The third-order valence-corrected chi connectivity index (χ3v) is 1.89. The number of esters is 1. The first-order chi connectivity index (χ1) is 8.10. The zero-order valence-corrected chi connectivity index (χ0v) is 10.1. The Morgan fingerprint density at radius 1 is 1.18 bits per heavy atom. The van der Waals surface area contributed by atoms with E-state index in [9.17, 15) is 4.79 Å². The van der Waals surface area contributed by atoms with Gasteiger partial charge >= 0.3 is 12.0 Å². The Hall–Kier alpha value is -2.05. The Kier molecular flexibility index (Phi) is 4.50. The van der Waals surface area contributed by atoms with Crippen molar-refractivity contribution in [2.75, 3.05) is 21.3 Å². The van der Waals surface area contributed by atoms with Gasteiger partial charge in [-0.25, -0.2) is 4.79 Å². The molecule has 7 nitrogen and oxygen atoms in total. The molecular weight excluding hydrogens is 228 g/mol. The Morgan fingerprint density at radius 2 is 1.71 bits per heavy atom. The van der Waals surface area contributed by atoms with Gasteiger partial charge in [-0.05, 0) is 6.92 Å². The summed E-state index contributed by atoms with van der Waals surface area (Å²) in [4.78, 5) is 19.0. The molecular formula is C10H14N2O5. The molecule has 0 saturated heterocycles. The highest BCUT2D eigenvalue weighted by Crippen LogP contribution is 2.19. The fraction of sp³-hybridized carbons (Fsp3) is 0.500. The van der Waals surface area contributed by atoms with Gasteiger partial charge < -0.3 is 18.9 Å². The maximum absolute atomic E-state index is 11.2. The van der Waals surface area contributed by atoms with Crippen molar-refractivity contribution in [2.45, 2.75) is 13.0 Å². The van der Waals surface area contributed by atoms with Crippen LogP contribution in [0.25, 0.3) is 0 Å². The number of nitrogens with zero attached hydrogens (tertiary/aromatic N) is 2. The van der Waals surface area contributed by atoms with E-state index in [4.69, 9.17) is 14.2 Å². The van der Waals surface area contributed by atoms with E-state index in [1.54, 1.807) is 0 Å². The molecule has 0 saturated carbocycles. The van der Waals surface area contributed by atoms with Crippen LogP contribution >= 0.6 is 0 Å². The van der Waals surface area contributed by atoms with Crippen molar-refractivity contribution in [1.29, 1.82) is 0 Å². The minimum Gasteiger partial charge on any atom is -0.481 e. The van der Waals surface area contributed by atoms with Crippen LogP contribution in [0.3, 0.4) is 0 Å². The molecule has 0 spiro atoms. The molecule has 1 atom stereocenters. The molecule has 0 N–H and O–H groups in total. The molecule has 17 heavy (non-hydrogen) atoms. The molecule has 0 radical (unpaired) electrons. The van der Waals surface area contributed by atoms with Gasteiger partial charge in [0.2, 0.25) is 11.8 Å². The van der Waals surface area contributed by atoms with Gasteiger partial charge in [-0.3, -0.25) is 0 Å². The summed E-state index contributed by atoms with van der Waals surface area (Å²) in [5.74, 6) is 0.0446. The topological polar surface area (TPSA) is 79.8 Å². The fourth-order valence-electron chi connectivity index (χ4n) is 1.02. The van der Waals surface area contributed by atoms with Crippen molar-refractivity contribution in [2.24, 2.45) is 0 Å². The van der Waals surface area contributed by atoms with Gasteiger partial charge in [-0.15, -0.1) is 0 Å². The lowest BCUT2D eigenvalue weighted by molar-refractivity contribution is -0.148. The first-order valence-electron chi connectivity index (χ1n) is 4.82. The van der Waals surface area contributed by atoms with Crippen LogP contribution in [0.5, 0.6) is 17.8 Å². The molecule has 1 heterocycles. The van der Waals surface area contributed by atoms with Gasteiger partial charge in [0.1, 0.15) is 0 Å². The zero-order valence-electron chi connectivity index (χ0n) is 10.1. The summed E-state index contributed by atoms with van der Waals surface area (Å²) in [6.45, 7) is 1.53. The maximum Gasteiger partial charge on any atom is 0.346 e. The van der Waals surface area contributed by atoms with Crippen LogP contribution < -0.4 is 14.2 Å². The highest BCUT2D eigenvalue weighted by molar-refractivity contribution is 5.74. The van der Waals surface area contributed by atoms with Crippen LogP contribution in [0.1, 0.15) is 6.92 Å². The smallest absolute Gasteiger partial charge is 0.346 e. The Morgan fingerprint density at radius 3 is 2.12 bits per heavy atom. The molecule has 0 bridgehead atoms. The van der Waals surface area contributed by atoms with E-state index in [0.29, 0.717) is 0 Å². The van der Waals surface area contributed by atoms with Crippen LogP contribution in [0.2, 0.25) is 0 Å². The molecule has 1 aromatic rings. The summed E-state index contributed by atoms with van der Waals surface area (Å²) < 4.78 is 19.6. The van der Waals surface area contributed by atoms with E-state index in [1.807, 2.05) is 0 Å². The zero-order chi connectivity index (χ0) is 12.8. The van der Waals surface area contributed by atoms with Crippen molar-refractivity contribution >= 4 is 5.97 Å². The van der Waals surface area contributed by atoms with E-state index in [-0.39, 0.29) is 17.8 Å². The third-order valence-electron chi connectivity index (χ3n) is 1.89. The molecule has 94 valence electrons. The summed E-state index contributed by atoms with van der Waals surface area (Å²) in [5, 5.41) is 0. The van der Waals surface area contributed by atoms with Gasteiger partial charge in [0, 0.05) is 0 Å². The number of rotatable bonds is 5. The predicted octanol–water partition coefficient (Wildman–Crippen LogP) is 0.434. The molecule has 0 aromatic carbocycles. The van der Waals surface area contributed by atoms with Crippen LogP contribution in [-0.4, -0.2) is 43.4 Å². The van der Waals surface area contributed by atoms with Crippen molar-refractivity contribution in [3.8, 4) is 17.8 Å². The molecule has 1 aromatic heterocycles. The van der Waals surface area contributed by atoms with Crippen LogP contribution in [-0.2, 0) is 9.53 Å². The monoisotopic (exact) mass is 242 g/mol. The lowest BCUT2D eigenvalue weighted by atomic mass is 10.4. The van der Waals surface area contributed by atoms with Crippen molar-refractivity contribution in [3.05, 3.63) is 6.07 Å². The Bertz CT molecular complexity index is 374. The van der Waals surface area contributed by atoms with Gasteiger partial charge in [0.15, 0.2) is 6.10 Å². The number of hydrogen-bond donors (Lipinski definition) is 0. The van der Waals surface area contributed by atoms with E-state index in [0.717, 1.165) is 0 Å². The Balaban J connectivity index is 2.86. The number of hydrogen-bond acceptors (Lipinski definition) is 7. The summed E-state index contributed by atoms with van der Waals surface area (Å²) in [6.07, 6.45) is -0.809. The molecule has 0 fully saturated rings. The average Bonchev–Trinajstić information content (AvgIpc) is 2.36. The highest BCUT2D eigenvalue weighted by Gasteiger charge is 2.17. The minimum absolute atomic E-state index is 0.0147. The predicted molar refractivity (Wildman–Crippen MR) is 57.2 cm³/mol. The molecule has 7 heteroatoms. The number of ether oxygens (including phenoxy) is 4. The summed E-state index contributed by atoms with van der Waals surface area (Å²) in [5.41, 5.74) is 0. The molecule has 0 aliphatic rings. The highest BCUT2D eigenvalue weighted by atomic mass is 16.6. The van der Waals surface area contributed by atoms with Crippen LogP contribution in [0.15, 0.2) is 6.07 Å². The van der Waals surface area contributed by atoms with Crippen molar-refractivity contribution in [3.63, 3.8) is 0 Å². The lowest BCUT2D eigenvalue weighted by Gasteiger charge is -2.11. The first-order valence-corrected chi connectivity index (χ1v) is 4.82. The van der Waals surface area contributed by atoms with Gasteiger partial charge in [-0.1, -0.05) is 0 Å². The van der Waals surface area contributed by atoms with E-state index < -0.39 is 12.1 Å². The molecule has 0 aliphatic carbocycles. The first kappa shape index (κ1) is 13.0. The second-order valence-electron chi connectivity index (χ2n) is 3.02. The van der Waals surface area contributed by atoms with Gasteiger partial charge in [0.25, 0.3) is 0 Å². The molecule has 0 unspecified atom stereocenters. The number of methoxy groups -OCH3 is 3. The number of carbonyl (C=O) groups is 1. The second kappa shape index (κ2) is 5.88. The molecule has 0 aliphatic heterocycles. The SMILES string of the molecule is COC(=O)[C@H](C)Oc1nc(OC)cc(OC)n1. The fourth-order valence-corrected chi connectivity index (χ4v) is 1.02. The van der Waals surface area contributed by atoms with E-state index in [1.165, 1.54) is 34.3 Å². The average molecular weight is 242 g/mol. The van der Waals surface area contributed by atoms with E-state index in [2.05, 4.69) is 14.7 Å². The molecule has 1 rings (SSSR count). The van der Waals surface area contributed by atoms with Gasteiger partial charge in [-0.2, -0.15) is 9.97 Å². The van der Waals surface area contributed by atoms with Crippen LogP contribution in [0, 0.1) is 0 Å². The minimum atomic E-state index is -0.809. The van der Waals surface area contributed by atoms with Crippen LogP contribution in [0.4, 0.5) is 0 Å². The summed E-state index contributed by atoms with van der Waals surface area (Å²) in [7, 11) is 4.18. The lowest BCUT2D eigenvalue weighted by Crippen LogP contribution is -2.25.